The van der Waals surface area contributed by atoms with Gasteiger partial charge in [0.25, 0.3) is 0 Å². The third-order valence-corrected chi connectivity index (χ3v) is 4.80. The van der Waals surface area contributed by atoms with Crippen molar-refractivity contribution in [2.24, 2.45) is 0 Å². The van der Waals surface area contributed by atoms with Crippen molar-refractivity contribution in [1.82, 2.24) is 5.32 Å². The van der Waals surface area contributed by atoms with Crippen LogP contribution in [0, 0.1) is 0 Å². The quantitative estimate of drug-likeness (QED) is 0.535. The molecule has 1 aromatic carbocycles. The summed E-state index contributed by atoms with van der Waals surface area (Å²) in [6, 6.07) is 7.56. The van der Waals surface area contributed by atoms with Crippen LogP contribution in [0.1, 0.15) is 0 Å². The van der Waals surface area contributed by atoms with Gasteiger partial charge < -0.3 is 29.3 Å². The third-order valence-electron chi connectivity index (χ3n) is 4.44. The number of hydrogen-bond acceptors (Lipinski definition) is 5. The fourth-order valence-corrected chi connectivity index (χ4v) is 3.31. The molecule has 136 valence electrons. The molecule has 2 N–H and O–H groups in total. The first-order chi connectivity index (χ1) is 12.2. The molecule has 0 aliphatic carbocycles. The monoisotopic (exact) mass is 366 g/mol. The Morgan fingerprint density at radius 1 is 1.40 bits per heavy atom. The summed E-state index contributed by atoms with van der Waals surface area (Å²) in [5.41, 5.74) is 0.860. The maximum absolute atomic E-state index is 11.9. The molecule has 1 atom stereocenters. The summed E-state index contributed by atoms with van der Waals surface area (Å²) in [5.74, 6) is 0.229. The van der Waals surface area contributed by atoms with E-state index >= 15 is 0 Å². The van der Waals surface area contributed by atoms with Crippen LogP contribution < -0.4 is 19.9 Å². The molecule has 2 aliphatic rings. The van der Waals surface area contributed by atoms with E-state index in [1.807, 2.05) is 29.2 Å². The Hall–Kier alpha value is -1.90. The molecule has 0 amide bonds. The molecule has 2 aliphatic heterocycles. The van der Waals surface area contributed by atoms with Crippen LogP contribution >= 0.6 is 12.2 Å². The van der Waals surface area contributed by atoms with E-state index in [-0.39, 0.29) is 0 Å². The van der Waals surface area contributed by atoms with Gasteiger partial charge in [0.2, 0.25) is 6.10 Å². The minimum Gasteiger partial charge on any atom is -0.475 e. The number of hydrogen-bond donors (Lipinski definition) is 2. The maximum atomic E-state index is 11.9. The number of methoxy groups -OCH3 is 1. The van der Waals surface area contributed by atoms with Gasteiger partial charge in [0, 0.05) is 0 Å². The van der Waals surface area contributed by atoms with Crippen LogP contribution in [0.4, 0.5) is 5.69 Å². The lowest BCUT2D eigenvalue weighted by atomic mass is 10.2. The molecule has 2 heterocycles. The second-order valence-electron chi connectivity index (χ2n) is 6.05. The van der Waals surface area contributed by atoms with Crippen molar-refractivity contribution in [2.45, 2.75) is 6.10 Å². The molecule has 3 rings (SSSR count). The molecule has 0 radical (unpaired) electrons. The molecule has 0 bridgehead atoms. The number of para-hydroxylation sites is 2. The molecule has 1 aromatic rings. The number of quaternary nitrogens is 1. The summed E-state index contributed by atoms with van der Waals surface area (Å²) in [6.07, 6.45) is -0.690. The van der Waals surface area contributed by atoms with Gasteiger partial charge in [0.05, 0.1) is 45.6 Å². The fourth-order valence-electron chi connectivity index (χ4n) is 3.03. The van der Waals surface area contributed by atoms with Crippen molar-refractivity contribution in [2.75, 3.05) is 57.9 Å². The van der Waals surface area contributed by atoms with Crippen LogP contribution in [0.5, 0.6) is 5.75 Å². The van der Waals surface area contributed by atoms with E-state index < -0.39 is 12.1 Å². The van der Waals surface area contributed by atoms with Gasteiger partial charge in [-0.25, -0.2) is 4.79 Å². The number of fused-ring (bicyclic) bond motifs is 1. The first kappa shape index (κ1) is 17.9. The van der Waals surface area contributed by atoms with Crippen LogP contribution in [-0.2, 0) is 14.3 Å². The second kappa shape index (κ2) is 8.46. The maximum Gasteiger partial charge on any atom is 0.348 e. The van der Waals surface area contributed by atoms with Gasteiger partial charge in [-0.3, -0.25) is 0 Å². The Morgan fingerprint density at radius 3 is 2.92 bits per heavy atom. The lowest BCUT2D eigenvalue weighted by Crippen LogP contribution is -3.14. The van der Waals surface area contributed by atoms with Crippen molar-refractivity contribution >= 4 is 29.0 Å². The van der Waals surface area contributed by atoms with Gasteiger partial charge in [-0.1, -0.05) is 12.1 Å². The van der Waals surface area contributed by atoms with E-state index in [1.54, 1.807) is 0 Å². The average Bonchev–Trinajstić information content (AvgIpc) is 2.67. The number of esters is 1. The van der Waals surface area contributed by atoms with E-state index in [0.29, 0.717) is 17.4 Å². The number of nitrogens with one attached hydrogen (secondary N) is 2. The number of thiocarbonyl (C=S) groups is 1. The highest BCUT2D eigenvalue weighted by Crippen LogP contribution is 2.33. The molecular weight excluding hydrogens is 342 g/mol. The van der Waals surface area contributed by atoms with Crippen LogP contribution in [-0.4, -0.2) is 70.2 Å². The smallest absolute Gasteiger partial charge is 0.348 e. The van der Waals surface area contributed by atoms with Gasteiger partial charge in [-0.05, 0) is 24.4 Å². The van der Waals surface area contributed by atoms with Gasteiger partial charge in [0.1, 0.15) is 18.8 Å². The van der Waals surface area contributed by atoms with E-state index in [4.69, 9.17) is 26.4 Å². The summed E-state index contributed by atoms with van der Waals surface area (Å²) in [6.45, 7) is 5.78. The molecule has 8 heteroatoms. The highest BCUT2D eigenvalue weighted by molar-refractivity contribution is 7.80. The third kappa shape index (κ3) is 4.39. The Morgan fingerprint density at radius 2 is 2.16 bits per heavy atom. The topological polar surface area (TPSA) is 64.5 Å². The molecule has 1 fully saturated rings. The summed E-state index contributed by atoms with van der Waals surface area (Å²) in [5, 5.41) is 3.90. The molecule has 0 unspecified atom stereocenters. The first-order valence-corrected chi connectivity index (χ1v) is 8.90. The number of carbonyl (C=O) groups is 1. The molecule has 0 saturated carbocycles. The Kier molecular flexibility index (Phi) is 6.06. The van der Waals surface area contributed by atoms with Gasteiger partial charge in [-0.15, -0.1) is 0 Å². The number of rotatable bonds is 4. The van der Waals surface area contributed by atoms with Crippen LogP contribution in [0.3, 0.4) is 0 Å². The Labute approximate surface area is 152 Å². The zero-order valence-corrected chi connectivity index (χ0v) is 15.1. The predicted molar refractivity (Wildman–Crippen MR) is 97.2 cm³/mol. The van der Waals surface area contributed by atoms with Crippen LogP contribution in [0.25, 0.3) is 0 Å². The minimum absolute atomic E-state index is 0.333. The molecular formula is C17H24N3O4S+. The highest BCUT2D eigenvalue weighted by atomic mass is 32.1. The van der Waals surface area contributed by atoms with Gasteiger partial charge >= 0.3 is 5.97 Å². The van der Waals surface area contributed by atoms with Gasteiger partial charge in [0.15, 0.2) is 5.11 Å². The first-order valence-electron chi connectivity index (χ1n) is 8.49. The summed E-state index contributed by atoms with van der Waals surface area (Å²) < 4.78 is 15.9. The highest BCUT2D eigenvalue weighted by Gasteiger charge is 2.33. The summed E-state index contributed by atoms with van der Waals surface area (Å²) in [7, 11) is 1.36. The number of carbonyl (C=O) groups excluding carboxylic acids is 1. The summed E-state index contributed by atoms with van der Waals surface area (Å²) >= 11 is 5.57. The minimum atomic E-state index is -0.690. The van der Waals surface area contributed by atoms with Crippen molar-refractivity contribution < 1.29 is 23.9 Å². The number of nitrogens with zero attached hydrogens (tertiary/aromatic N) is 1. The fraction of sp³-hybridized carbons (Fsp3) is 0.529. The van der Waals surface area contributed by atoms with E-state index in [0.717, 1.165) is 45.1 Å². The number of ether oxygens (including phenoxy) is 3. The zero-order chi connectivity index (χ0) is 17.6. The summed E-state index contributed by atoms with van der Waals surface area (Å²) in [4.78, 5) is 15.3. The lowest BCUT2D eigenvalue weighted by molar-refractivity contribution is -0.906. The van der Waals surface area contributed by atoms with Crippen molar-refractivity contribution in [3.63, 3.8) is 0 Å². The molecule has 7 nitrogen and oxygen atoms in total. The van der Waals surface area contributed by atoms with Crippen molar-refractivity contribution in [3.05, 3.63) is 24.3 Å². The van der Waals surface area contributed by atoms with Crippen LogP contribution in [0.15, 0.2) is 24.3 Å². The lowest BCUT2D eigenvalue weighted by Gasteiger charge is -2.35. The molecule has 0 spiro atoms. The van der Waals surface area contributed by atoms with Gasteiger partial charge in [-0.2, -0.15) is 0 Å². The standard InChI is InChI=1S/C17H23N3O4S/c1-22-16(21)15-12-20(13-4-2-3-5-14(13)24-15)17(25)18-6-7-19-8-10-23-11-9-19/h2-5,15H,6-12H2,1H3,(H,18,25)/p+1/t15-/m0/s1. The number of benzene rings is 1. The Bertz CT molecular complexity index is 622. The number of morpholine rings is 1. The average molecular weight is 366 g/mol. The molecule has 25 heavy (non-hydrogen) atoms. The zero-order valence-electron chi connectivity index (χ0n) is 14.3. The predicted octanol–water partition coefficient (Wildman–Crippen LogP) is -0.783. The normalized spacial score (nSPS) is 20.4. The van der Waals surface area contributed by atoms with Crippen molar-refractivity contribution in [3.8, 4) is 5.75 Å². The Balaban J connectivity index is 1.62. The van der Waals surface area contributed by atoms with Crippen LogP contribution in [0.2, 0.25) is 0 Å². The molecule has 0 aromatic heterocycles. The molecule has 1 saturated heterocycles. The largest absolute Gasteiger partial charge is 0.475 e. The van der Waals surface area contributed by atoms with E-state index in [2.05, 4.69) is 5.32 Å². The second-order valence-corrected chi connectivity index (χ2v) is 6.44. The number of anilines is 1. The van der Waals surface area contributed by atoms with E-state index in [9.17, 15) is 4.79 Å². The van der Waals surface area contributed by atoms with E-state index in [1.165, 1.54) is 12.0 Å². The van der Waals surface area contributed by atoms with Crippen molar-refractivity contribution in [1.29, 1.82) is 0 Å². The SMILES string of the molecule is COC(=O)[C@@H]1CN(C(=S)NCC[NH+]2CCOCC2)c2ccccc2O1.